The molecule has 0 aliphatic carbocycles. The molecule has 1 atom stereocenters. The summed E-state index contributed by atoms with van der Waals surface area (Å²) in [6.07, 6.45) is 0.214. The van der Waals surface area contributed by atoms with Crippen molar-refractivity contribution in [1.82, 2.24) is 10.1 Å². The van der Waals surface area contributed by atoms with Crippen LogP contribution in [0.2, 0.25) is 0 Å². The van der Waals surface area contributed by atoms with E-state index in [4.69, 9.17) is 15.0 Å². The number of hydrogen-bond donors (Lipinski definition) is 2. The lowest BCUT2D eigenvalue weighted by molar-refractivity contribution is 0.0610. The monoisotopic (exact) mass is 263 g/mol. The summed E-state index contributed by atoms with van der Waals surface area (Å²) in [6, 6.07) is 7.39. The molecule has 1 aromatic carbocycles. The van der Waals surface area contributed by atoms with Crippen LogP contribution >= 0.6 is 0 Å². The molecule has 0 fully saturated rings. The lowest BCUT2D eigenvalue weighted by Crippen LogP contribution is -2.36. The second kappa shape index (κ2) is 5.38. The number of para-hydroxylation sites is 1. The number of nitrogens with two attached hydrogens (primary N) is 1. The smallest absolute Gasteiger partial charge is 0.229 e. The number of benzene rings is 1. The molecule has 102 valence electrons. The Morgan fingerprint density at radius 1 is 1.42 bits per heavy atom. The molecule has 1 aromatic heterocycles. The average molecular weight is 263 g/mol. The standard InChI is InChI=1S/C13H17N3O3/c1-13(17,8-14)7-11-15-12(16-19-11)9-5-3-4-6-10(9)18-2/h3-6,17H,7-8,14H2,1-2H3. The van der Waals surface area contributed by atoms with Crippen LogP contribution in [-0.2, 0) is 6.42 Å². The average Bonchev–Trinajstić information content (AvgIpc) is 2.86. The maximum Gasteiger partial charge on any atom is 0.229 e. The van der Waals surface area contributed by atoms with Gasteiger partial charge in [0.1, 0.15) is 5.75 Å². The van der Waals surface area contributed by atoms with Crippen molar-refractivity contribution >= 4 is 0 Å². The van der Waals surface area contributed by atoms with E-state index in [0.29, 0.717) is 17.5 Å². The van der Waals surface area contributed by atoms with Crippen molar-refractivity contribution in [3.05, 3.63) is 30.2 Å². The fourth-order valence-electron chi connectivity index (χ4n) is 1.66. The van der Waals surface area contributed by atoms with Gasteiger partial charge in [-0.2, -0.15) is 4.98 Å². The SMILES string of the molecule is COc1ccccc1-c1noc(CC(C)(O)CN)n1. The molecule has 0 bridgehead atoms. The minimum atomic E-state index is -1.05. The first kappa shape index (κ1) is 13.5. The van der Waals surface area contributed by atoms with Gasteiger partial charge >= 0.3 is 0 Å². The Hall–Kier alpha value is -1.92. The first-order valence-corrected chi connectivity index (χ1v) is 5.94. The van der Waals surface area contributed by atoms with E-state index in [1.807, 2.05) is 24.3 Å². The maximum atomic E-state index is 9.88. The summed E-state index contributed by atoms with van der Waals surface area (Å²) in [6.45, 7) is 1.75. The van der Waals surface area contributed by atoms with Crippen molar-refractivity contribution in [2.45, 2.75) is 18.9 Å². The molecule has 6 heteroatoms. The number of hydrogen-bond acceptors (Lipinski definition) is 6. The lowest BCUT2D eigenvalue weighted by Gasteiger charge is -2.17. The van der Waals surface area contributed by atoms with Crippen LogP contribution < -0.4 is 10.5 Å². The molecular weight excluding hydrogens is 246 g/mol. The number of methoxy groups -OCH3 is 1. The van der Waals surface area contributed by atoms with Crippen LogP contribution in [0.1, 0.15) is 12.8 Å². The summed E-state index contributed by atoms with van der Waals surface area (Å²) in [4.78, 5) is 4.25. The van der Waals surface area contributed by atoms with Crippen molar-refractivity contribution < 1.29 is 14.4 Å². The van der Waals surface area contributed by atoms with Gasteiger partial charge in [0, 0.05) is 6.54 Å². The molecule has 0 saturated heterocycles. The minimum Gasteiger partial charge on any atom is -0.496 e. The second-order valence-corrected chi connectivity index (χ2v) is 4.59. The van der Waals surface area contributed by atoms with Crippen LogP contribution in [0, 0.1) is 0 Å². The summed E-state index contributed by atoms with van der Waals surface area (Å²) >= 11 is 0. The van der Waals surface area contributed by atoms with Gasteiger partial charge in [0.25, 0.3) is 0 Å². The zero-order valence-electron chi connectivity index (χ0n) is 11.0. The number of nitrogens with zero attached hydrogens (tertiary/aromatic N) is 2. The Kier molecular flexibility index (Phi) is 3.82. The van der Waals surface area contributed by atoms with E-state index in [0.717, 1.165) is 5.56 Å². The zero-order chi connectivity index (χ0) is 13.9. The van der Waals surface area contributed by atoms with Gasteiger partial charge in [-0.15, -0.1) is 0 Å². The minimum absolute atomic E-state index is 0.124. The van der Waals surface area contributed by atoms with E-state index in [2.05, 4.69) is 10.1 Å². The Balaban J connectivity index is 2.26. The Morgan fingerprint density at radius 2 is 2.16 bits per heavy atom. The largest absolute Gasteiger partial charge is 0.496 e. The normalized spacial score (nSPS) is 14.1. The third-order valence-corrected chi connectivity index (χ3v) is 2.79. The molecule has 0 aliphatic heterocycles. The summed E-state index contributed by atoms with van der Waals surface area (Å²) in [5.41, 5.74) is 5.15. The lowest BCUT2D eigenvalue weighted by atomic mass is 10.0. The molecule has 0 spiro atoms. The topological polar surface area (TPSA) is 94.4 Å². The number of aliphatic hydroxyl groups is 1. The number of ether oxygens (including phenoxy) is 1. The molecule has 3 N–H and O–H groups in total. The molecule has 1 heterocycles. The van der Waals surface area contributed by atoms with Crippen molar-refractivity contribution in [1.29, 1.82) is 0 Å². The molecule has 6 nitrogen and oxygen atoms in total. The van der Waals surface area contributed by atoms with Crippen molar-refractivity contribution in [2.75, 3.05) is 13.7 Å². The van der Waals surface area contributed by atoms with E-state index in [9.17, 15) is 5.11 Å². The first-order chi connectivity index (χ1) is 9.05. The summed E-state index contributed by atoms with van der Waals surface area (Å²) in [7, 11) is 1.58. The molecule has 0 radical (unpaired) electrons. The summed E-state index contributed by atoms with van der Waals surface area (Å²) in [5.74, 6) is 1.44. The predicted octanol–water partition coefficient (Wildman–Crippen LogP) is 0.997. The van der Waals surface area contributed by atoms with Crippen LogP contribution in [0.25, 0.3) is 11.4 Å². The van der Waals surface area contributed by atoms with Gasteiger partial charge in [-0.05, 0) is 19.1 Å². The molecule has 2 aromatic rings. The fourth-order valence-corrected chi connectivity index (χ4v) is 1.66. The van der Waals surface area contributed by atoms with Crippen LogP contribution in [0.4, 0.5) is 0 Å². The van der Waals surface area contributed by atoms with Gasteiger partial charge in [-0.3, -0.25) is 0 Å². The molecule has 19 heavy (non-hydrogen) atoms. The molecule has 1 unspecified atom stereocenters. The fraction of sp³-hybridized carbons (Fsp3) is 0.385. The van der Waals surface area contributed by atoms with E-state index in [1.54, 1.807) is 14.0 Å². The highest BCUT2D eigenvalue weighted by atomic mass is 16.5. The van der Waals surface area contributed by atoms with E-state index >= 15 is 0 Å². The van der Waals surface area contributed by atoms with Gasteiger partial charge in [0.2, 0.25) is 11.7 Å². The molecule has 0 saturated carbocycles. The van der Waals surface area contributed by atoms with Crippen molar-refractivity contribution in [3.8, 4) is 17.1 Å². The van der Waals surface area contributed by atoms with Crippen LogP contribution in [0.3, 0.4) is 0 Å². The first-order valence-electron chi connectivity index (χ1n) is 5.94. The van der Waals surface area contributed by atoms with Crippen LogP contribution in [0.15, 0.2) is 28.8 Å². The maximum absolute atomic E-state index is 9.88. The Bertz CT molecular complexity index is 552. The zero-order valence-corrected chi connectivity index (χ0v) is 11.0. The van der Waals surface area contributed by atoms with E-state index < -0.39 is 5.60 Å². The van der Waals surface area contributed by atoms with Gasteiger partial charge in [0.05, 0.1) is 24.7 Å². The van der Waals surface area contributed by atoms with Crippen LogP contribution in [-0.4, -0.2) is 34.5 Å². The van der Waals surface area contributed by atoms with Gasteiger partial charge < -0.3 is 20.1 Å². The highest BCUT2D eigenvalue weighted by Crippen LogP contribution is 2.27. The number of aromatic nitrogens is 2. The second-order valence-electron chi connectivity index (χ2n) is 4.59. The summed E-state index contributed by atoms with van der Waals surface area (Å²) < 4.78 is 10.4. The Labute approximate surface area is 111 Å². The number of rotatable bonds is 5. The molecule has 0 aliphatic rings. The van der Waals surface area contributed by atoms with Crippen molar-refractivity contribution in [3.63, 3.8) is 0 Å². The van der Waals surface area contributed by atoms with Crippen molar-refractivity contribution in [2.24, 2.45) is 5.73 Å². The highest BCUT2D eigenvalue weighted by molar-refractivity contribution is 5.63. The van der Waals surface area contributed by atoms with Gasteiger partial charge in [0.15, 0.2) is 0 Å². The third kappa shape index (κ3) is 3.10. The van der Waals surface area contributed by atoms with E-state index in [1.165, 1.54) is 0 Å². The van der Waals surface area contributed by atoms with E-state index in [-0.39, 0.29) is 13.0 Å². The third-order valence-electron chi connectivity index (χ3n) is 2.79. The van der Waals surface area contributed by atoms with Gasteiger partial charge in [-0.25, -0.2) is 0 Å². The predicted molar refractivity (Wildman–Crippen MR) is 69.7 cm³/mol. The van der Waals surface area contributed by atoms with Crippen LogP contribution in [0.5, 0.6) is 5.75 Å². The Morgan fingerprint density at radius 3 is 2.84 bits per heavy atom. The molecule has 0 amide bonds. The summed E-state index contributed by atoms with van der Waals surface area (Å²) in [5, 5.41) is 13.8. The molecule has 2 rings (SSSR count). The quantitative estimate of drug-likeness (QED) is 0.835. The van der Waals surface area contributed by atoms with Gasteiger partial charge in [-0.1, -0.05) is 17.3 Å². The highest BCUT2D eigenvalue weighted by Gasteiger charge is 2.23. The molecular formula is C13H17N3O3.